The maximum Gasteiger partial charge on any atom is 0.337 e. The Labute approximate surface area is 150 Å². The molecule has 1 aromatic heterocycles. The molecule has 1 saturated carbocycles. The van der Waals surface area contributed by atoms with E-state index in [4.69, 9.17) is 4.74 Å². The van der Waals surface area contributed by atoms with Crippen LogP contribution in [0, 0.1) is 11.3 Å². The third-order valence-corrected chi connectivity index (χ3v) is 5.45. The van der Waals surface area contributed by atoms with Gasteiger partial charge < -0.3 is 10.1 Å². The minimum absolute atomic E-state index is 0.311. The van der Waals surface area contributed by atoms with Crippen LogP contribution in [-0.4, -0.2) is 24.1 Å². The van der Waals surface area contributed by atoms with Gasteiger partial charge >= 0.3 is 5.97 Å². The zero-order chi connectivity index (χ0) is 18.0. The van der Waals surface area contributed by atoms with Gasteiger partial charge in [0.1, 0.15) is 5.82 Å². The molecule has 4 nitrogen and oxygen atoms in total. The zero-order valence-corrected chi connectivity index (χ0v) is 15.6. The molecule has 0 bridgehead atoms. The number of anilines is 1. The van der Waals surface area contributed by atoms with Crippen LogP contribution < -0.4 is 5.32 Å². The summed E-state index contributed by atoms with van der Waals surface area (Å²) in [6, 6.07) is 8.05. The lowest BCUT2D eigenvalue weighted by molar-refractivity contribution is 0.0601. The molecule has 0 unspecified atom stereocenters. The summed E-state index contributed by atoms with van der Waals surface area (Å²) >= 11 is 0. The summed E-state index contributed by atoms with van der Waals surface area (Å²) in [5.74, 6) is 1.38. The molecule has 25 heavy (non-hydrogen) atoms. The Hall–Kier alpha value is -2.10. The topological polar surface area (TPSA) is 51.2 Å². The second-order valence-electron chi connectivity index (χ2n) is 8.18. The largest absolute Gasteiger partial charge is 0.465 e. The van der Waals surface area contributed by atoms with Gasteiger partial charge in [0.15, 0.2) is 0 Å². The van der Waals surface area contributed by atoms with Crippen LogP contribution in [0.4, 0.5) is 5.82 Å². The molecule has 0 amide bonds. The van der Waals surface area contributed by atoms with Crippen LogP contribution in [0.5, 0.6) is 0 Å². The lowest BCUT2D eigenvalue weighted by Crippen LogP contribution is -2.31. The minimum atomic E-state index is -0.311. The van der Waals surface area contributed by atoms with E-state index in [-0.39, 0.29) is 5.97 Å². The van der Waals surface area contributed by atoms with Crippen LogP contribution >= 0.6 is 0 Å². The van der Waals surface area contributed by atoms with E-state index in [0.717, 1.165) is 22.5 Å². The number of ether oxygens (including phenoxy) is 1. The second kappa shape index (κ2) is 7.03. The third kappa shape index (κ3) is 4.12. The molecule has 4 heteroatoms. The van der Waals surface area contributed by atoms with Gasteiger partial charge in [-0.25, -0.2) is 9.78 Å². The molecule has 2 aromatic rings. The quantitative estimate of drug-likeness (QED) is 0.796. The smallest absolute Gasteiger partial charge is 0.337 e. The number of rotatable bonds is 3. The first-order valence-electron chi connectivity index (χ1n) is 9.11. The predicted molar refractivity (Wildman–Crippen MR) is 102 cm³/mol. The summed E-state index contributed by atoms with van der Waals surface area (Å²) in [5, 5.41) is 5.61. The van der Waals surface area contributed by atoms with Crippen molar-refractivity contribution >= 4 is 22.6 Å². The number of benzene rings is 1. The monoisotopic (exact) mass is 340 g/mol. The van der Waals surface area contributed by atoms with Crippen molar-refractivity contribution in [3.8, 4) is 0 Å². The van der Waals surface area contributed by atoms with Crippen molar-refractivity contribution in [3.05, 3.63) is 36.0 Å². The molecule has 0 atom stereocenters. The standard InChI is InChI=1S/C21H28N2O2/c1-21(2,3)17-7-9-18(10-8-17)23-19-12-16-11-14(20(24)25-4)5-6-15(16)13-22-19/h5-6,11-13,17-18H,7-10H2,1-4H3,(H,22,23)/t17-,18+. The first-order valence-corrected chi connectivity index (χ1v) is 9.11. The van der Waals surface area contributed by atoms with Crippen LogP contribution in [0.1, 0.15) is 56.8 Å². The minimum Gasteiger partial charge on any atom is -0.465 e. The summed E-state index contributed by atoms with van der Waals surface area (Å²) in [4.78, 5) is 16.3. The fraction of sp³-hybridized carbons (Fsp3) is 0.524. The Balaban J connectivity index is 1.71. The van der Waals surface area contributed by atoms with Crippen molar-refractivity contribution in [3.63, 3.8) is 0 Å². The first kappa shape index (κ1) is 17.7. The van der Waals surface area contributed by atoms with Crippen molar-refractivity contribution in [1.82, 2.24) is 4.98 Å². The van der Waals surface area contributed by atoms with Crippen molar-refractivity contribution in [1.29, 1.82) is 0 Å². The first-order chi connectivity index (χ1) is 11.9. The van der Waals surface area contributed by atoms with E-state index in [0.29, 0.717) is 17.0 Å². The molecular weight excluding hydrogens is 312 g/mol. The Morgan fingerprint density at radius 1 is 1.12 bits per heavy atom. The van der Waals surface area contributed by atoms with Gasteiger partial charge in [-0.2, -0.15) is 0 Å². The fourth-order valence-corrected chi connectivity index (χ4v) is 3.78. The maximum absolute atomic E-state index is 11.7. The summed E-state index contributed by atoms with van der Waals surface area (Å²) < 4.78 is 4.80. The highest BCUT2D eigenvalue weighted by atomic mass is 16.5. The number of fused-ring (bicyclic) bond motifs is 1. The van der Waals surface area contributed by atoms with Crippen LogP contribution in [0.2, 0.25) is 0 Å². The molecule has 3 rings (SSSR count). The van der Waals surface area contributed by atoms with Gasteiger partial charge in [-0.3, -0.25) is 0 Å². The summed E-state index contributed by atoms with van der Waals surface area (Å²) in [6.07, 6.45) is 6.76. The molecule has 0 saturated heterocycles. The molecule has 0 aliphatic heterocycles. The molecule has 1 fully saturated rings. The highest BCUT2D eigenvalue weighted by Crippen LogP contribution is 2.38. The van der Waals surface area contributed by atoms with Gasteiger partial charge in [-0.1, -0.05) is 26.8 Å². The Morgan fingerprint density at radius 3 is 2.48 bits per heavy atom. The summed E-state index contributed by atoms with van der Waals surface area (Å²) in [7, 11) is 1.40. The molecule has 1 N–H and O–H groups in total. The average Bonchev–Trinajstić information content (AvgIpc) is 2.60. The number of nitrogens with zero attached hydrogens (tertiary/aromatic N) is 1. The fourth-order valence-electron chi connectivity index (χ4n) is 3.78. The van der Waals surface area contributed by atoms with E-state index >= 15 is 0 Å². The lowest BCUT2D eigenvalue weighted by Gasteiger charge is -2.37. The van der Waals surface area contributed by atoms with Crippen LogP contribution in [0.3, 0.4) is 0 Å². The number of carbonyl (C=O) groups is 1. The SMILES string of the molecule is COC(=O)c1ccc2cnc(N[C@H]3CC[C@@H](C(C)(C)C)CC3)cc2c1. The Morgan fingerprint density at radius 2 is 1.84 bits per heavy atom. The van der Waals surface area contributed by atoms with Crippen LogP contribution in [0.15, 0.2) is 30.5 Å². The summed E-state index contributed by atoms with van der Waals surface area (Å²) in [5.41, 5.74) is 0.967. The van der Waals surface area contributed by atoms with Crippen molar-refractivity contribution in [2.24, 2.45) is 11.3 Å². The Kier molecular flexibility index (Phi) is 4.98. The van der Waals surface area contributed by atoms with Gasteiger partial charge in [-0.15, -0.1) is 0 Å². The van der Waals surface area contributed by atoms with Crippen LogP contribution in [-0.2, 0) is 4.74 Å². The number of aromatic nitrogens is 1. The molecule has 134 valence electrons. The molecule has 1 aromatic carbocycles. The van der Waals surface area contributed by atoms with Gasteiger partial charge in [-0.05, 0) is 60.6 Å². The van der Waals surface area contributed by atoms with Crippen molar-refractivity contribution in [2.75, 3.05) is 12.4 Å². The number of esters is 1. The molecule has 0 spiro atoms. The molecule has 1 aliphatic carbocycles. The second-order valence-corrected chi connectivity index (χ2v) is 8.18. The zero-order valence-electron chi connectivity index (χ0n) is 15.6. The molecular formula is C21H28N2O2. The predicted octanol–water partition coefficient (Wildman–Crippen LogP) is 5.04. The van der Waals surface area contributed by atoms with Gasteiger partial charge in [0.2, 0.25) is 0 Å². The number of nitrogens with one attached hydrogen (secondary N) is 1. The van der Waals surface area contributed by atoms with Crippen LogP contribution in [0.25, 0.3) is 10.8 Å². The average molecular weight is 340 g/mol. The maximum atomic E-state index is 11.7. The van der Waals surface area contributed by atoms with E-state index in [1.165, 1.54) is 32.8 Å². The van der Waals surface area contributed by atoms with E-state index in [2.05, 4.69) is 31.1 Å². The van der Waals surface area contributed by atoms with Crippen molar-refractivity contribution in [2.45, 2.75) is 52.5 Å². The number of pyridine rings is 1. The van der Waals surface area contributed by atoms with Crippen molar-refractivity contribution < 1.29 is 9.53 Å². The highest BCUT2D eigenvalue weighted by molar-refractivity contribution is 5.95. The van der Waals surface area contributed by atoms with Gasteiger partial charge in [0.05, 0.1) is 12.7 Å². The molecule has 0 radical (unpaired) electrons. The van der Waals surface area contributed by atoms with E-state index in [9.17, 15) is 4.79 Å². The number of hydrogen-bond acceptors (Lipinski definition) is 4. The number of methoxy groups -OCH3 is 1. The third-order valence-electron chi connectivity index (χ3n) is 5.45. The molecule has 1 aliphatic rings. The van der Waals surface area contributed by atoms with Gasteiger partial charge in [0.25, 0.3) is 0 Å². The van der Waals surface area contributed by atoms with E-state index < -0.39 is 0 Å². The van der Waals surface area contributed by atoms with E-state index in [1.807, 2.05) is 24.4 Å². The normalized spacial score (nSPS) is 21.1. The van der Waals surface area contributed by atoms with Gasteiger partial charge in [0, 0.05) is 17.6 Å². The van der Waals surface area contributed by atoms with E-state index in [1.54, 1.807) is 6.07 Å². The lowest BCUT2D eigenvalue weighted by atomic mass is 9.71. The highest BCUT2D eigenvalue weighted by Gasteiger charge is 2.29. The number of hydrogen-bond donors (Lipinski definition) is 1. The number of carbonyl (C=O) groups excluding carboxylic acids is 1. The molecule has 1 heterocycles. The Bertz CT molecular complexity index is 756. The summed E-state index contributed by atoms with van der Waals surface area (Å²) in [6.45, 7) is 7.03.